The molecular weight excluding hydrogens is 422 g/mol. The van der Waals surface area contributed by atoms with Gasteiger partial charge in [0.05, 0.1) is 33.1 Å². The first-order chi connectivity index (χ1) is 16.0. The molecule has 8 heteroatoms. The van der Waals surface area contributed by atoms with Crippen molar-refractivity contribution in [2.75, 3.05) is 32.0 Å². The van der Waals surface area contributed by atoms with Crippen molar-refractivity contribution >= 4 is 28.9 Å². The fraction of sp³-hybridized carbons (Fsp3) is 0.400. The molecule has 33 heavy (non-hydrogen) atoms. The second-order valence-electron chi connectivity index (χ2n) is 7.86. The highest BCUT2D eigenvalue weighted by molar-refractivity contribution is 6.50. The van der Waals surface area contributed by atoms with E-state index in [1.807, 2.05) is 12.1 Å². The zero-order chi connectivity index (χ0) is 23.8. The molecule has 3 rings (SSSR count). The SMILES string of the molecule is COc1cc(NC(=O)C(=NC2CCCCC2)c2ccccc2NC(C)=O)cc(OC)c1OC. The Balaban J connectivity index is 2.01. The minimum Gasteiger partial charge on any atom is -0.493 e. The van der Waals surface area contributed by atoms with Gasteiger partial charge in [-0.05, 0) is 18.9 Å². The number of aliphatic imine (C=N–C) groups is 1. The van der Waals surface area contributed by atoms with E-state index in [4.69, 9.17) is 19.2 Å². The Kier molecular flexibility index (Phi) is 8.29. The molecule has 0 radical (unpaired) electrons. The number of carbonyl (C=O) groups is 2. The maximum atomic E-state index is 13.5. The molecule has 2 N–H and O–H groups in total. The van der Waals surface area contributed by atoms with Crippen molar-refractivity contribution in [1.82, 2.24) is 0 Å². The zero-order valence-corrected chi connectivity index (χ0v) is 19.6. The number of benzene rings is 2. The smallest absolute Gasteiger partial charge is 0.274 e. The minimum atomic E-state index is -0.382. The maximum Gasteiger partial charge on any atom is 0.274 e. The van der Waals surface area contributed by atoms with Gasteiger partial charge in [0.2, 0.25) is 11.7 Å². The van der Waals surface area contributed by atoms with Crippen LogP contribution in [0.25, 0.3) is 0 Å². The lowest BCUT2D eigenvalue weighted by Gasteiger charge is -2.21. The van der Waals surface area contributed by atoms with Crippen LogP contribution in [0.15, 0.2) is 41.4 Å². The number of hydrogen-bond donors (Lipinski definition) is 2. The van der Waals surface area contributed by atoms with E-state index in [-0.39, 0.29) is 23.6 Å². The van der Waals surface area contributed by atoms with Gasteiger partial charge in [-0.1, -0.05) is 37.5 Å². The number of rotatable bonds is 8. The summed E-state index contributed by atoms with van der Waals surface area (Å²) in [7, 11) is 4.55. The summed E-state index contributed by atoms with van der Waals surface area (Å²) in [6, 6.07) is 10.6. The number of ether oxygens (including phenoxy) is 3. The minimum absolute atomic E-state index is 0.0600. The first-order valence-electron chi connectivity index (χ1n) is 11.0. The summed E-state index contributed by atoms with van der Waals surface area (Å²) in [5.74, 6) is 0.690. The first-order valence-corrected chi connectivity index (χ1v) is 11.0. The maximum absolute atomic E-state index is 13.5. The van der Waals surface area contributed by atoms with Crippen LogP contribution in [0.3, 0.4) is 0 Å². The van der Waals surface area contributed by atoms with E-state index in [1.165, 1.54) is 34.7 Å². The average Bonchev–Trinajstić information content (AvgIpc) is 2.82. The second kappa shape index (κ2) is 11.4. The molecule has 0 aliphatic heterocycles. The fourth-order valence-electron chi connectivity index (χ4n) is 3.98. The molecule has 0 unspecified atom stereocenters. The average molecular weight is 454 g/mol. The summed E-state index contributed by atoms with van der Waals surface area (Å²) in [6.45, 7) is 1.44. The first kappa shape index (κ1) is 24.1. The van der Waals surface area contributed by atoms with Gasteiger partial charge in [-0.15, -0.1) is 0 Å². The molecule has 0 bridgehead atoms. The quantitative estimate of drug-likeness (QED) is 0.576. The van der Waals surface area contributed by atoms with Crippen molar-refractivity contribution in [2.45, 2.75) is 45.1 Å². The molecule has 176 valence electrons. The molecule has 1 fully saturated rings. The summed E-state index contributed by atoms with van der Waals surface area (Å²) >= 11 is 0. The van der Waals surface area contributed by atoms with Gasteiger partial charge in [0.15, 0.2) is 11.5 Å². The van der Waals surface area contributed by atoms with Crippen LogP contribution in [0.4, 0.5) is 11.4 Å². The third-order valence-corrected chi connectivity index (χ3v) is 5.52. The highest BCUT2D eigenvalue weighted by Gasteiger charge is 2.23. The van der Waals surface area contributed by atoms with Gasteiger partial charge in [-0.3, -0.25) is 14.6 Å². The Morgan fingerprint density at radius 3 is 2.12 bits per heavy atom. The third-order valence-electron chi connectivity index (χ3n) is 5.52. The van der Waals surface area contributed by atoms with Crippen LogP contribution < -0.4 is 24.8 Å². The molecule has 2 aromatic rings. The topological polar surface area (TPSA) is 98.2 Å². The summed E-state index contributed by atoms with van der Waals surface area (Å²) in [4.78, 5) is 30.1. The number of amides is 2. The molecule has 0 saturated heterocycles. The fourth-order valence-corrected chi connectivity index (χ4v) is 3.98. The summed E-state index contributed by atoms with van der Waals surface area (Å²) in [5, 5.41) is 5.72. The van der Waals surface area contributed by atoms with Crippen LogP contribution in [0.1, 0.15) is 44.6 Å². The number of anilines is 2. The number of nitrogens with one attached hydrogen (secondary N) is 2. The number of methoxy groups -OCH3 is 3. The summed E-state index contributed by atoms with van der Waals surface area (Å²) in [6.07, 6.45) is 5.22. The molecule has 0 spiro atoms. The Morgan fingerprint density at radius 1 is 0.909 bits per heavy atom. The van der Waals surface area contributed by atoms with Gasteiger partial charge in [-0.25, -0.2) is 0 Å². The molecule has 0 atom stereocenters. The van der Waals surface area contributed by atoms with E-state index >= 15 is 0 Å². The molecule has 1 aliphatic carbocycles. The van der Waals surface area contributed by atoms with Gasteiger partial charge >= 0.3 is 0 Å². The highest BCUT2D eigenvalue weighted by Crippen LogP contribution is 2.40. The Bertz CT molecular complexity index is 1000. The van der Waals surface area contributed by atoms with Crippen LogP contribution >= 0.6 is 0 Å². The molecule has 0 aromatic heterocycles. The molecule has 1 aliphatic rings. The molecule has 1 saturated carbocycles. The van der Waals surface area contributed by atoms with Crippen LogP contribution in [0, 0.1) is 0 Å². The van der Waals surface area contributed by atoms with Gasteiger partial charge < -0.3 is 24.8 Å². The van der Waals surface area contributed by atoms with E-state index in [9.17, 15) is 9.59 Å². The van der Waals surface area contributed by atoms with Crippen molar-refractivity contribution in [3.8, 4) is 17.2 Å². The molecular formula is C25H31N3O5. The number of nitrogens with zero attached hydrogens (tertiary/aromatic N) is 1. The van der Waals surface area contributed by atoms with Crippen LogP contribution in [-0.2, 0) is 9.59 Å². The van der Waals surface area contributed by atoms with Crippen LogP contribution in [-0.4, -0.2) is 44.9 Å². The zero-order valence-electron chi connectivity index (χ0n) is 19.6. The van der Waals surface area contributed by atoms with Gasteiger partial charge in [-0.2, -0.15) is 0 Å². The number of carbonyl (C=O) groups excluding carboxylic acids is 2. The highest BCUT2D eigenvalue weighted by atomic mass is 16.5. The molecule has 2 aromatic carbocycles. The second-order valence-corrected chi connectivity index (χ2v) is 7.86. The van der Waals surface area contributed by atoms with E-state index in [1.54, 1.807) is 24.3 Å². The van der Waals surface area contributed by atoms with E-state index in [0.717, 1.165) is 25.7 Å². The lowest BCUT2D eigenvalue weighted by Crippen LogP contribution is -2.27. The molecule has 0 heterocycles. The summed E-state index contributed by atoms with van der Waals surface area (Å²) < 4.78 is 16.2. The van der Waals surface area contributed by atoms with Crippen LogP contribution in [0.2, 0.25) is 0 Å². The van der Waals surface area contributed by atoms with Gasteiger partial charge in [0.1, 0.15) is 5.71 Å². The van der Waals surface area contributed by atoms with Gasteiger partial charge in [0.25, 0.3) is 5.91 Å². The number of hydrogen-bond acceptors (Lipinski definition) is 6. The van der Waals surface area contributed by atoms with E-state index < -0.39 is 0 Å². The van der Waals surface area contributed by atoms with Crippen molar-refractivity contribution < 1.29 is 23.8 Å². The Hall–Kier alpha value is -3.55. The van der Waals surface area contributed by atoms with Crippen LogP contribution in [0.5, 0.6) is 17.2 Å². The van der Waals surface area contributed by atoms with Crippen molar-refractivity contribution in [2.24, 2.45) is 4.99 Å². The van der Waals surface area contributed by atoms with Crippen molar-refractivity contribution in [1.29, 1.82) is 0 Å². The third kappa shape index (κ3) is 6.03. The normalized spacial score (nSPS) is 14.4. The lowest BCUT2D eigenvalue weighted by molar-refractivity contribution is -0.114. The number of para-hydroxylation sites is 1. The predicted octanol–water partition coefficient (Wildman–Crippen LogP) is 4.43. The molecule has 2 amide bonds. The lowest BCUT2D eigenvalue weighted by atomic mass is 9.95. The van der Waals surface area contributed by atoms with Crippen molar-refractivity contribution in [3.63, 3.8) is 0 Å². The van der Waals surface area contributed by atoms with E-state index in [2.05, 4.69) is 10.6 Å². The Morgan fingerprint density at radius 2 is 1.55 bits per heavy atom. The van der Waals surface area contributed by atoms with E-state index in [0.29, 0.717) is 34.2 Å². The molecule has 8 nitrogen and oxygen atoms in total. The largest absolute Gasteiger partial charge is 0.493 e. The van der Waals surface area contributed by atoms with Gasteiger partial charge in [0, 0.05) is 30.3 Å². The monoisotopic (exact) mass is 453 g/mol. The standard InChI is InChI=1S/C25H31N3O5/c1-16(29)26-20-13-9-8-12-19(20)23(27-17-10-6-5-7-11-17)25(30)28-18-14-21(31-2)24(33-4)22(15-18)32-3/h8-9,12-15,17H,5-7,10-11H2,1-4H3,(H,26,29)(H,28,30). The Labute approximate surface area is 194 Å². The van der Waals surface area contributed by atoms with Crippen molar-refractivity contribution in [3.05, 3.63) is 42.0 Å². The predicted molar refractivity (Wildman–Crippen MR) is 129 cm³/mol. The summed E-state index contributed by atoms with van der Waals surface area (Å²) in [5.41, 5.74) is 1.87.